The first-order chi connectivity index (χ1) is 10.5. The van der Waals surface area contributed by atoms with Gasteiger partial charge in [0.25, 0.3) is 0 Å². The molecule has 0 aliphatic heterocycles. The van der Waals surface area contributed by atoms with E-state index >= 15 is 0 Å². The quantitative estimate of drug-likeness (QED) is 0.787. The first-order valence-corrected chi connectivity index (χ1v) is 8.11. The molecule has 3 amide bonds. The fourth-order valence-corrected chi connectivity index (χ4v) is 2.62. The number of nitrogens with zero attached hydrogens (tertiary/aromatic N) is 1. The molecule has 1 heterocycles. The molecule has 1 unspecified atom stereocenters. The van der Waals surface area contributed by atoms with E-state index in [2.05, 4.69) is 20.9 Å². The average molecular weight is 320 g/mol. The minimum atomic E-state index is -0.233. The second kappa shape index (κ2) is 7.22. The molecule has 22 heavy (non-hydrogen) atoms. The van der Waals surface area contributed by atoms with Crippen molar-refractivity contribution in [2.75, 3.05) is 10.6 Å². The van der Waals surface area contributed by atoms with E-state index in [0.29, 0.717) is 17.2 Å². The minimum Gasteiger partial charge on any atom is -0.335 e. The van der Waals surface area contributed by atoms with Crippen LogP contribution in [0.4, 0.5) is 15.6 Å². The highest BCUT2D eigenvalue weighted by atomic mass is 32.1. The van der Waals surface area contributed by atoms with Gasteiger partial charge >= 0.3 is 6.03 Å². The lowest BCUT2D eigenvalue weighted by atomic mass is 10.2. The molecular weight excluding hydrogens is 300 g/mol. The van der Waals surface area contributed by atoms with Gasteiger partial charge in [-0.25, -0.2) is 9.78 Å². The van der Waals surface area contributed by atoms with E-state index in [0.717, 1.165) is 16.6 Å². The summed E-state index contributed by atoms with van der Waals surface area (Å²) in [6, 6.07) is 5.39. The van der Waals surface area contributed by atoms with Gasteiger partial charge in [-0.3, -0.25) is 4.79 Å². The third-order valence-electron chi connectivity index (χ3n) is 3.20. The fraction of sp³-hybridized carbons (Fsp3) is 0.400. The number of carbonyl (C=O) groups is 2. The predicted molar refractivity (Wildman–Crippen MR) is 90.4 cm³/mol. The SMILES string of the molecule is CCC(=O)Nc1nc2cc(NC(=O)NC(C)CC)ccc2s1. The second-order valence-corrected chi connectivity index (χ2v) is 6.04. The summed E-state index contributed by atoms with van der Waals surface area (Å²) in [4.78, 5) is 27.6. The van der Waals surface area contributed by atoms with Crippen LogP contribution < -0.4 is 16.0 Å². The number of urea groups is 1. The normalized spacial score (nSPS) is 12.0. The molecule has 0 fully saturated rings. The van der Waals surface area contributed by atoms with Crippen LogP contribution in [0.1, 0.15) is 33.6 Å². The van der Waals surface area contributed by atoms with Crippen LogP contribution in [0.15, 0.2) is 18.2 Å². The molecule has 0 aliphatic rings. The van der Waals surface area contributed by atoms with Crippen molar-refractivity contribution in [2.45, 2.75) is 39.7 Å². The maximum Gasteiger partial charge on any atom is 0.319 e. The van der Waals surface area contributed by atoms with Crippen molar-refractivity contribution in [1.29, 1.82) is 0 Å². The van der Waals surface area contributed by atoms with E-state index in [-0.39, 0.29) is 18.0 Å². The Hall–Kier alpha value is -2.15. The number of rotatable bonds is 5. The lowest BCUT2D eigenvalue weighted by Gasteiger charge is -2.12. The minimum absolute atomic E-state index is 0.0645. The van der Waals surface area contributed by atoms with E-state index in [1.54, 1.807) is 13.0 Å². The number of fused-ring (bicyclic) bond motifs is 1. The zero-order valence-corrected chi connectivity index (χ0v) is 13.7. The molecule has 2 aromatic rings. The summed E-state index contributed by atoms with van der Waals surface area (Å²) >= 11 is 1.41. The van der Waals surface area contributed by atoms with Crippen molar-refractivity contribution in [3.63, 3.8) is 0 Å². The van der Waals surface area contributed by atoms with Gasteiger partial charge in [-0.15, -0.1) is 0 Å². The first-order valence-electron chi connectivity index (χ1n) is 7.29. The van der Waals surface area contributed by atoms with E-state index in [1.807, 2.05) is 26.0 Å². The Morgan fingerprint density at radius 3 is 2.73 bits per heavy atom. The summed E-state index contributed by atoms with van der Waals surface area (Å²) in [7, 11) is 0. The van der Waals surface area contributed by atoms with Crippen molar-refractivity contribution in [2.24, 2.45) is 0 Å². The maximum atomic E-state index is 11.8. The Balaban J connectivity index is 2.09. The molecule has 0 spiro atoms. The van der Waals surface area contributed by atoms with Crippen molar-refractivity contribution in [3.8, 4) is 0 Å². The summed E-state index contributed by atoms with van der Waals surface area (Å²) in [5, 5.41) is 8.94. The van der Waals surface area contributed by atoms with Crippen molar-refractivity contribution < 1.29 is 9.59 Å². The van der Waals surface area contributed by atoms with Crippen LogP contribution >= 0.6 is 11.3 Å². The van der Waals surface area contributed by atoms with Crippen LogP contribution in [0.25, 0.3) is 10.2 Å². The number of hydrogen-bond donors (Lipinski definition) is 3. The molecule has 3 N–H and O–H groups in total. The lowest BCUT2D eigenvalue weighted by Crippen LogP contribution is -2.35. The third-order valence-corrected chi connectivity index (χ3v) is 4.15. The molecule has 0 bridgehead atoms. The number of aromatic nitrogens is 1. The highest BCUT2D eigenvalue weighted by molar-refractivity contribution is 7.22. The van der Waals surface area contributed by atoms with Crippen molar-refractivity contribution in [3.05, 3.63) is 18.2 Å². The smallest absolute Gasteiger partial charge is 0.319 e. The molecule has 1 aromatic heterocycles. The van der Waals surface area contributed by atoms with Crippen LogP contribution in [-0.2, 0) is 4.79 Å². The summed E-state index contributed by atoms with van der Waals surface area (Å²) in [5.41, 5.74) is 1.42. The van der Waals surface area contributed by atoms with Gasteiger partial charge in [0.05, 0.1) is 10.2 Å². The van der Waals surface area contributed by atoms with Crippen LogP contribution in [0, 0.1) is 0 Å². The third kappa shape index (κ3) is 4.17. The highest BCUT2D eigenvalue weighted by Gasteiger charge is 2.09. The van der Waals surface area contributed by atoms with Crippen molar-refractivity contribution >= 4 is 44.3 Å². The molecular formula is C15H20N4O2S. The van der Waals surface area contributed by atoms with Gasteiger partial charge in [-0.1, -0.05) is 25.2 Å². The van der Waals surface area contributed by atoms with E-state index < -0.39 is 0 Å². The van der Waals surface area contributed by atoms with Gasteiger partial charge in [0.1, 0.15) is 0 Å². The molecule has 7 heteroatoms. The zero-order chi connectivity index (χ0) is 16.1. The van der Waals surface area contributed by atoms with Gasteiger partial charge in [0, 0.05) is 18.2 Å². The highest BCUT2D eigenvalue weighted by Crippen LogP contribution is 2.28. The summed E-state index contributed by atoms with van der Waals surface area (Å²) in [6.07, 6.45) is 1.29. The Bertz CT molecular complexity index is 683. The molecule has 0 radical (unpaired) electrons. The average Bonchev–Trinajstić information content (AvgIpc) is 2.88. The molecule has 0 aliphatic carbocycles. The number of benzene rings is 1. The van der Waals surface area contributed by atoms with Gasteiger partial charge < -0.3 is 16.0 Å². The monoisotopic (exact) mass is 320 g/mol. The van der Waals surface area contributed by atoms with Gasteiger partial charge in [-0.2, -0.15) is 0 Å². The van der Waals surface area contributed by atoms with E-state index in [9.17, 15) is 9.59 Å². The second-order valence-electron chi connectivity index (χ2n) is 5.01. The molecule has 6 nitrogen and oxygen atoms in total. The van der Waals surface area contributed by atoms with Crippen LogP contribution in [-0.4, -0.2) is 23.0 Å². The van der Waals surface area contributed by atoms with E-state index in [4.69, 9.17) is 0 Å². The number of thiazole rings is 1. The molecule has 1 atom stereocenters. The molecule has 0 saturated heterocycles. The number of anilines is 2. The zero-order valence-electron chi connectivity index (χ0n) is 12.9. The Morgan fingerprint density at radius 2 is 2.05 bits per heavy atom. The first kappa shape index (κ1) is 16.2. The van der Waals surface area contributed by atoms with Crippen molar-refractivity contribution in [1.82, 2.24) is 10.3 Å². The molecule has 118 valence electrons. The Kier molecular flexibility index (Phi) is 5.32. The van der Waals surface area contributed by atoms with Gasteiger partial charge in [0.15, 0.2) is 5.13 Å². The lowest BCUT2D eigenvalue weighted by molar-refractivity contribution is -0.115. The number of nitrogens with one attached hydrogen (secondary N) is 3. The van der Waals surface area contributed by atoms with E-state index in [1.165, 1.54) is 11.3 Å². The van der Waals surface area contributed by atoms with Crippen LogP contribution in [0.3, 0.4) is 0 Å². The molecule has 2 rings (SSSR count). The number of carbonyl (C=O) groups excluding carboxylic acids is 2. The summed E-state index contributed by atoms with van der Waals surface area (Å²) < 4.78 is 0.958. The topological polar surface area (TPSA) is 83.1 Å². The molecule has 1 aromatic carbocycles. The largest absolute Gasteiger partial charge is 0.335 e. The summed E-state index contributed by atoms with van der Waals surface area (Å²) in [5.74, 6) is -0.0645. The maximum absolute atomic E-state index is 11.8. The summed E-state index contributed by atoms with van der Waals surface area (Å²) in [6.45, 7) is 5.75. The predicted octanol–water partition coefficient (Wildman–Crippen LogP) is 3.56. The number of amides is 3. The van der Waals surface area contributed by atoms with Crippen LogP contribution in [0.5, 0.6) is 0 Å². The fourth-order valence-electron chi connectivity index (χ4n) is 1.76. The van der Waals surface area contributed by atoms with Crippen LogP contribution in [0.2, 0.25) is 0 Å². The standard InChI is InChI=1S/C15H20N4O2S/c1-4-9(3)16-14(21)17-10-6-7-12-11(8-10)18-15(22-12)19-13(20)5-2/h6-9H,4-5H2,1-3H3,(H2,16,17,21)(H,18,19,20). The number of hydrogen-bond acceptors (Lipinski definition) is 4. The Morgan fingerprint density at radius 1 is 1.27 bits per heavy atom. The molecule has 0 saturated carbocycles. The van der Waals surface area contributed by atoms with Gasteiger partial charge in [0.2, 0.25) is 5.91 Å². The van der Waals surface area contributed by atoms with Gasteiger partial charge in [-0.05, 0) is 31.5 Å². The Labute approximate surface area is 133 Å².